The van der Waals surface area contributed by atoms with E-state index in [4.69, 9.17) is 9.47 Å². The largest absolute Gasteiger partial charge is 0.481 e. The molecule has 1 saturated heterocycles. The second kappa shape index (κ2) is 10.5. The van der Waals surface area contributed by atoms with E-state index in [1.165, 1.54) is 12.0 Å². The molecule has 2 aliphatic rings. The van der Waals surface area contributed by atoms with Gasteiger partial charge in [0.15, 0.2) is 0 Å². The summed E-state index contributed by atoms with van der Waals surface area (Å²) < 4.78 is 10.9. The number of methoxy groups -OCH3 is 1. The van der Waals surface area contributed by atoms with Crippen molar-refractivity contribution in [1.82, 2.24) is 10.2 Å². The average molecular weight is 481 g/mol. The zero-order valence-corrected chi connectivity index (χ0v) is 20.3. The van der Waals surface area contributed by atoms with Crippen LogP contribution in [0.15, 0.2) is 48.5 Å². The Morgan fingerprint density at radius 1 is 1.06 bits per heavy atom. The predicted octanol–water partition coefficient (Wildman–Crippen LogP) is 3.50. The SMILES string of the molecule is CC[C@H](C)[C@H](NC(=O)OCC1c2ccccc2-c2ccccc21)C(=O)N1CC(OC)C(C(=O)O)C1. The quantitative estimate of drug-likeness (QED) is 0.599. The molecular formula is C27H32N2O6. The van der Waals surface area contributed by atoms with E-state index >= 15 is 0 Å². The normalized spacial score (nSPS) is 20.6. The minimum absolute atomic E-state index is 0.0476. The van der Waals surface area contributed by atoms with Gasteiger partial charge in [0, 0.05) is 26.1 Å². The van der Waals surface area contributed by atoms with Gasteiger partial charge < -0.3 is 24.8 Å². The summed E-state index contributed by atoms with van der Waals surface area (Å²) in [5.74, 6) is -2.36. The summed E-state index contributed by atoms with van der Waals surface area (Å²) in [6, 6.07) is 15.4. The number of nitrogens with zero attached hydrogens (tertiary/aromatic N) is 1. The molecule has 186 valence electrons. The maximum absolute atomic E-state index is 13.3. The summed E-state index contributed by atoms with van der Waals surface area (Å²) in [4.78, 5) is 39.2. The first-order valence-corrected chi connectivity index (χ1v) is 12.0. The van der Waals surface area contributed by atoms with Crippen LogP contribution < -0.4 is 5.32 Å². The molecule has 2 N–H and O–H groups in total. The van der Waals surface area contributed by atoms with Gasteiger partial charge in [-0.1, -0.05) is 68.8 Å². The van der Waals surface area contributed by atoms with Crippen LogP contribution in [0.1, 0.15) is 37.3 Å². The van der Waals surface area contributed by atoms with Crippen LogP contribution in [-0.4, -0.2) is 66.9 Å². The molecule has 4 rings (SSSR count). The van der Waals surface area contributed by atoms with Crippen molar-refractivity contribution < 1.29 is 29.0 Å². The van der Waals surface area contributed by atoms with Gasteiger partial charge in [-0.05, 0) is 28.2 Å². The highest BCUT2D eigenvalue weighted by Crippen LogP contribution is 2.44. The van der Waals surface area contributed by atoms with Crippen molar-refractivity contribution >= 4 is 18.0 Å². The van der Waals surface area contributed by atoms with E-state index in [1.54, 1.807) is 0 Å². The van der Waals surface area contributed by atoms with E-state index in [2.05, 4.69) is 17.4 Å². The van der Waals surface area contributed by atoms with E-state index in [1.807, 2.05) is 50.2 Å². The molecule has 2 unspecified atom stereocenters. The monoisotopic (exact) mass is 480 g/mol. The number of nitrogens with one attached hydrogen (secondary N) is 1. The number of ether oxygens (including phenoxy) is 2. The molecule has 1 aliphatic heterocycles. The summed E-state index contributed by atoms with van der Waals surface area (Å²) >= 11 is 0. The van der Waals surface area contributed by atoms with E-state index in [0.717, 1.165) is 22.3 Å². The molecule has 1 heterocycles. The molecular weight excluding hydrogens is 448 g/mol. The summed E-state index contributed by atoms with van der Waals surface area (Å²) in [7, 11) is 1.44. The summed E-state index contributed by atoms with van der Waals surface area (Å²) in [6.45, 7) is 4.19. The molecule has 8 heteroatoms. The Bertz CT molecular complexity index is 1060. The summed E-state index contributed by atoms with van der Waals surface area (Å²) in [5, 5.41) is 12.2. The maximum Gasteiger partial charge on any atom is 0.407 e. The number of carboxylic acids is 1. The molecule has 0 aromatic heterocycles. The molecule has 1 aliphatic carbocycles. The van der Waals surface area contributed by atoms with Crippen molar-refractivity contribution in [2.45, 2.75) is 38.3 Å². The lowest BCUT2D eigenvalue weighted by atomic mass is 9.97. The Morgan fingerprint density at radius 2 is 1.66 bits per heavy atom. The van der Waals surface area contributed by atoms with Crippen molar-refractivity contribution in [2.75, 3.05) is 26.8 Å². The van der Waals surface area contributed by atoms with Crippen LogP contribution in [0.25, 0.3) is 11.1 Å². The van der Waals surface area contributed by atoms with Gasteiger partial charge in [-0.15, -0.1) is 0 Å². The number of aliphatic carboxylic acids is 1. The second-order valence-corrected chi connectivity index (χ2v) is 9.30. The third kappa shape index (κ3) is 4.89. The molecule has 2 aromatic rings. The molecule has 0 saturated carbocycles. The lowest BCUT2D eigenvalue weighted by Crippen LogP contribution is -2.51. The van der Waals surface area contributed by atoms with Crippen LogP contribution in [0.2, 0.25) is 0 Å². The zero-order chi connectivity index (χ0) is 25.1. The Hall–Kier alpha value is -3.39. The van der Waals surface area contributed by atoms with Gasteiger partial charge in [-0.3, -0.25) is 9.59 Å². The Labute approximate surface area is 205 Å². The van der Waals surface area contributed by atoms with Crippen molar-refractivity contribution in [3.63, 3.8) is 0 Å². The summed E-state index contributed by atoms with van der Waals surface area (Å²) in [5.41, 5.74) is 4.50. The molecule has 35 heavy (non-hydrogen) atoms. The minimum Gasteiger partial charge on any atom is -0.481 e. The second-order valence-electron chi connectivity index (χ2n) is 9.30. The van der Waals surface area contributed by atoms with E-state index in [0.29, 0.717) is 6.42 Å². The number of amides is 2. The van der Waals surface area contributed by atoms with Crippen molar-refractivity contribution in [3.8, 4) is 11.1 Å². The standard InChI is InChI=1S/C27H32N2O6/c1-4-16(2)24(25(30)29-13-21(26(31)32)23(14-29)34-3)28-27(33)35-15-22-19-11-7-5-9-17(19)18-10-6-8-12-20(18)22/h5-12,16,21-24H,4,13-15H2,1-3H3,(H,28,33)(H,31,32)/t16-,21?,23?,24-/m0/s1. The van der Waals surface area contributed by atoms with Gasteiger partial charge in [0.2, 0.25) is 5.91 Å². The molecule has 2 amide bonds. The topological polar surface area (TPSA) is 105 Å². The molecule has 0 bridgehead atoms. The van der Waals surface area contributed by atoms with Crippen molar-refractivity contribution in [1.29, 1.82) is 0 Å². The number of rotatable bonds is 8. The first-order chi connectivity index (χ1) is 16.8. The highest BCUT2D eigenvalue weighted by molar-refractivity contribution is 5.87. The first-order valence-electron chi connectivity index (χ1n) is 12.0. The maximum atomic E-state index is 13.3. The number of carboxylic acid groups (broad SMARTS) is 1. The van der Waals surface area contributed by atoms with Gasteiger partial charge in [-0.25, -0.2) is 4.79 Å². The Morgan fingerprint density at radius 3 is 2.17 bits per heavy atom. The Kier molecular flexibility index (Phi) is 7.40. The average Bonchev–Trinajstić information content (AvgIpc) is 3.45. The van der Waals surface area contributed by atoms with Gasteiger partial charge in [0.05, 0.1) is 6.10 Å². The van der Waals surface area contributed by atoms with Crippen molar-refractivity contribution in [2.24, 2.45) is 11.8 Å². The minimum atomic E-state index is -1.00. The number of carbonyl (C=O) groups is 3. The van der Waals surface area contributed by atoms with Crippen LogP contribution in [0.4, 0.5) is 4.79 Å². The number of benzene rings is 2. The smallest absolute Gasteiger partial charge is 0.407 e. The van der Waals surface area contributed by atoms with E-state index in [9.17, 15) is 19.5 Å². The molecule has 4 atom stereocenters. The number of alkyl carbamates (subject to hydrolysis) is 1. The lowest BCUT2D eigenvalue weighted by Gasteiger charge is -2.28. The highest BCUT2D eigenvalue weighted by atomic mass is 16.5. The van der Waals surface area contributed by atoms with Gasteiger partial charge in [0.1, 0.15) is 18.6 Å². The van der Waals surface area contributed by atoms with Crippen molar-refractivity contribution in [3.05, 3.63) is 59.7 Å². The van der Waals surface area contributed by atoms with Crippen LogP contribution in [0.3, 0.4) is 0 Å². The number of hydrogen-bond donors (Lipinski definition) is 2. The fourth-order valence-electron chi connectivity index (χ4n) is 5.08. The molecule has 0 radical (unpaired) electrons. The molecule has 0 spiro atoms. The van der Waals surface area contributed by atoms with Crippen LogP contribution in [0.5, 0.6) is 0 Å². The predicted molar refractivity (Wildman–Crippen MR) is 130 cm³/mol. The van der Waals surface area contributed by atoms with Crippen LogP contribution in [-0.2, 0) is 19.1 Å². The van der Waals surface area contributed by atoms with Gasteiger partial charge in [-0.2, -0.15) is 0 Å². The number of fused-ring (bicyclic) bond motifs is 3. The van der Waals surface area contributed by atoms with Gasteiger partial charge in [0.25, 0.3) is 0 Å². The highest BCUT2D eigenvalue weighted by Gasteiger charge is 2.42. The molecule has 1 fully saturated rings. The summed E-state index contributed by atoms with van der Waals surface area (Å²) in [6.07, 6.45) is -0.587. The third-order valence-electron chi connectivity index (χ3n) is 7.29. The fourth-order valence-corrected chi connectivity index (χ4v) is 5.08. The lowest BCUT2D eigenvalue weighted by molar-refractivity contribution is -0.144. The van der Waals surface area contributed by atoms with Crippen LogP contribution in [0, 0.1) is 11.8 Å². The number of likely N-dealkylation sites (tertiary alicyclic amines) is 1. The van der Waals surface area contributed by atoms with Crippen LogP contribution >= 0.6 is 0 Å². The van der Waals surface area contributed by atoms with E-state index < -0.39 is 30.1 Å². The number of carbonyl (C=O) groups excluding carboxylic acids is 2. The van der Waals surface area contributed by atoms with E-state index in [-0.39, 0.29) is 37.4 Å². The first kappa shape index (κ1) is 24.7. The molecule has 8 nitrogen and oxygen atoms in total. The third-order valence-corrected chi connectivity index (χ3v) is 7.29. The Balaban J connectivity index is 1.44. The fraction of sp³-hybridized carbons (Fsp3) is 0.444. The number of hydrogen-bond acceptors (Lipinski definition) is 5. The zero-order valence-electron chi connectivity index (χ0n) is 20.3. The van der Waals surface area contributed by atoms with Gasteiger partial charge >= 0.3 is 12.1 Å². The molecule has 2 aromatic carbocycles.